The standard InChI is InChI=1S/C19H32O5/c1-3-5-16(13-20,6-4-2)15(21)24-19-9-14-7-17(22,11-19)10-18(23,8-14)12-19/h14,20,22-23H,3-13H2,1-2H3. The molecule has 0 aromatic carbocycles. The number of hydrogen-bond donors (Lipinski definition) is 3. The van der Waals surface area contributed by atoms with Gasteiger partial charge in [0.05, 0.1) is 23.2 Å². The van der Waals surface area contributed by atoms with Gasteiger partial charge in [0, 0.05) is 19.3 Å². The Hall–Kier alpha value is -0.650. The second-order valence-electron chi connectivity index (χ2n) is 8.97. The summed E-state index contributed by atoms with van der Waals surface area (Å²) in [4.78, 5) is 13.0. The zero-order valence-electron chi connectivity index (χ0n) is 15.0. The minimum Gasteiger partial charge on any atom is -0.458 e. The Bertz CT molecular complexity index is 478. The minimum atomic E-state index is -0.911. The summed E-state index contributed by atoms with van der Waals surface area (Å²) in [5.41, 5.74) is -3.43. The molecule has 0 heterocycles. The topological polar surface area (TPSA) is 87.0 Å². The van der Waals surface area contributed by atoms with E-state index in [1.54, 1.807) is 0 Å². The van der Waals surface area contributed by atoms with Crippen LogP contribution in [0.5, 0.6) is 0 Å². The van der Waals surface area contributed by atoms with Gasteiger partial charge in [-0.2, -0.15) is 0 Å². The average Bonchev–Trinajstić information content (AvgIpc) is 2.42. The van der Waals surface area contributed by atoms with E-state index >= 15 is 0 Å². The summed E-state index contributed by atoms with van der Waals surface area (Å²) in [6, 6.07) is 0. The maximum atomic E-state index is 13.0. The first-order valence-electron chi connectivity index (χ1n) is 9.51. The molecule has 0 saturated heterocycles. The van der Waals surface area contributed by atoms with Crippen molar-refractivity contribution >= 4 is 5.97 Å². The molecule has 2 atom stereocenters. The molecule has 0 radical (unpaired) electrons. The number of ether oxygens (including phenoxy) is 1. The highest BCUT2D eigenvalue weighted by molar-refractivity contribution is 5.77. The smallest absolute Gasteiger partial charge is 0.314 e. The molecule has 4 saturated carbocycles. The maximum Gasteiger partial charge on any atom is 0.314 e. The first-order chi connectivity index (χ1) is 11.2. The zero-order chi connectivity index (χ0) is 17.6. The number of carbonyl (C=O) groups excluding carboxylic acids is 1. The van der Waals surface area contributed by atoms with Crippen molar-refractivity contribution in [1.29, 1.82) is 0 Å². The Kier molecular flexibility index (Phi) is 4.51. The Balaban J connectivity index is 1.83. The third kappa shape index (κ3) is 2.99. The van der Waals surface area contributed by atoms with Crippen LogP contribution in [0.3, 0.4) is 0 Å². The molecule has 4 aliphatic carbocycles. The molecular weight excluding hydrogens is 308 g/mol. The van der Waals surface area contributed by atoms with Gasteiger partial charge in [-0.15, -0.1) is 0 Å². The fourth-order valence-corrected chi connectivity index (χ4v) is 6.18. The Labute approximate surface area is 144 Å². The van der Waals surface area contributed by atoms with Crippen molar-refractivity contribution in [3.63, 3.8) is 0 Å². The molecule has 5 nitrogen and oxygen atoms in total. The van der Waals surface area contributed by atoms with Gasteiger partial charge in [0.25, 0.3) is 0 Å². The number of rotatable bonds is 7. The lowest BCUT2D eigenvalue weighted by atomic mass is 9.50. The van der Waals surface area contributed by atoms with Crippen LogP contribution in [0.1, 0.15) is 78.1 Å². The predicted octanol–water partition coefficient (Wildman–Crippen LogP) is 2.31. The van der Waals surface area contributed by atoms with Crippen LogP contribution in [-0.2, 0) is 9.53 Å². The van der Waals surface area contributed by atoms with Crippen LogP contribution in [0, 0.1) is 11.3 Å². The Morgan fingerprint density at radius 2 is 1.58 bits per heavy atom. The normalized spacial score (nSPS) is 40.8. The molecule has 0 aromatic rings. The first-order valence-corrected chi connectivity index (χ1v) is 9.51. The van der Waals surface area contributed by atoms with Crippen molar-refractivity contribution in [2.24, 2.45) is 11.3 Å². The number of carbonyl (C=O) groups is 1. The molecular formula is C19H32O5. The van der Waals surface area contributed by atoms with E-state index in [2.05, 4.69) is 0 Å². The summed E-state index contributed by atoms with van der Waals surface area (Å²) >= 11 is 0. The second-order valence-corrected chi connectivity index (χ2v) is 8.97. The van der Waals surface area contributed by atoms with Crippen LogP contribution in [0.15, 0.2) is 0 Å². The van der Waals surface area contributed by atoms with Crippen LogP contribution in [-0.4, -0.2) is 44.7 Å². The first kappa shape index (κ1) is 18.2. The number of aliphatic hydroxyl groups is 3. The van der Waals surface area contributed by atoms with Crippen molar-refractivity contribution in [2.75, 3.05) is 6.61 Å². The van der Waals surface area contributed by atoms with E-state index in [1.165, 1.54) is 0 Å². The molecule has 2 unspecified atom stereocenters. The summed E-state index contributed by atoms with van der Waals surface area (Å²) < 4.78 is 6.02. The quantitative estimate of drug-likeness (QED) is 0.619. The molecule has 24 heavy (non-hydrogen) atoms. The largest absolute Gasteiger partial charge is 0.458 e. The summed E-state index contributed by atoms with van der Waals surface area (Å²) in [6.45, 7) is 3.80. The van der Waals surface area contributed by atoms with Gasteiger partial charge in [0.15, 0.2) is 0 Å². The number of aliphatic hydroxyl groups excluding tert-OH is 1. The second kappa shape index (κ2) is 5.96. The summed E-state index contributed by atoms with van der Waals surface area (Å²) in [5.74, 6) is -0.132. The SMILES string of the molecule is CCCC(CO)(CCC)C(=O)OC12CC3CC(O)(CC(O)(C3)C1)C2. The van der Waals surface area contributed by atoms with Crippen LogP contribution in [0.4, 0.5) is 0 Å². The third-order valence-corrected chi connectivity index (χ3v) is 6.46. The molecule has 0 aliphatic heterocycles. The van der Waals surface area contributed by atoms with Crippen LogP contribution in [0.2, 0.25) is 0 Å². The molecule has 4 aliphatic rings. The van der Waals surface area contributed by atoms with Crippen molar-refractivity contribution in [2.45, 2.75) is 94.9 Å². The van der Waals surface area contributed by atoms with Crippen molar-refractivity contribution in [1.82, 2.24) is 0 Å². The van der Waals surface area contributed by atoms with Gasteiger partial charge in [-0.1, -0.05) is 26.7 Å². The van der Waals surface area contributed by atoms with Gasteiger partial charge in [-0.3, -0.25) is 4.79 Å². The average molecular weight is 340 g/mol. The molecule has 0 aromatic heterocycles. The fourth-order valence-electron chi connectivity index (χ4n) is 6.18. The molecule has 4 rings (SSSR count). The fraction of sp³-hybridized carbons (Fsp3) is 0.947. The highest BCUT2D eigenvalue weighted by atomic mass is 16.6. The number of hydrogen-bond acceptors (Lipinski definition) is 5. The van der Waals surface area contributed by atoms with E-state index < -0.39 is 22.2 Å². The lowest BCUT2D eigenvalue weighted by molar-refractivity contribution is -0.265. The molecule has 4 bridgehead atoms. The molecule has 0 amide bonds. The van der Waals surface area contributed by atoms with E-state index in [9.17, 15) is 20.1 Å². The van der Waals surface area contributed by atoms with Crippen molar-refractivity contribution < 1.29 is 24.9 Å². The van der Waals surface area contributed by atoms with Gasteiger partial charge in [-0.05, 0) is 38.0 Å². The van der Waals surface area contributed by atoms with Crippen molar-refractivity contribution in [3.05, 3.63) is 0 Å². The lowest BCUT2D eigenvalue weighted by Gasteiger charge is -2.62. The van der Waals surface area contributed by atoms with Gasteiger partial charge < -0.3 is 20.1 Å². The highest BCUT2D eigenvalue weighted by Crippen LogP contribution is 2.60. The minimum absolute atomic E-state index is 0.207. The van der Waals surface area contributed by atoms with E-state index in [1.807, 2.05) is 13.8 Å². The Morgan fingerprint density at radius 3 is 2.00 bits per heavy atom. The van der Waals surface area contributed by atoms with Crippen molar-refractivity contribution in [3.8, 4) is 0 Å². The van der Waals surface area contributed by atoms with Gasteiger partial charge in [0.2, 0.25) is 0 Å². The summed E-state index contributed by atoms with van der Waals surface area (Å²) in [5, 5.41) is 31.5. The van der Waals surface area contributed by atoms with E-state index in [0.29, 0.717) is 44.9 Å². The van der Waals surface area contributed by atoms with Gasteiger partial charge in [0.1, 0.15) is 5.60 Å². The van der Waals surface area contributed by atoms with E-state index in [4.69, 9.17) is 4.74 Å². The monoisotopic (exact) mass is 340 g/mol. The number of esters is 1. The predicted molar refractivity (Wildman–Crippen MR) is 89.2 cm³/mol. The van der Waals surface area contributed by atoms with Gasteiger partial charge >= 0.3 is 5.97 Å². The highest BCUT2D eigenvalue weighted by Gasteiger charge is 2.65. The molecule has 3 N–H and O–H groups in total. The Morgan fingerprint density at radius 1 is 1.04 bits per heavy atom. The summed E-state index contributed by atoms with van der Waals surface area (Å²) in [7, 11) is 0. The summed E-state index contributed by atoms with van der Waals surface area (Å²) in [6.07, 6.45) is 6.17. The maximum absolute atomic E-state index is 13.0. The van der Waals surface area contributed by atoms with Crippen LogP contribution in [0.25, 0.3) is 0 Å². The van der Waals surface area contributed by atoms with Crippen LogP contribution < -0.4 is 0 Å². The van der Waals surface area contributed by atoms with E-state index in [-0.39, 0.29) is 18.5 Å². The molecule has 0 spiro atoms. The van der Waals surface area contributed by atoms with Gasteiger partial charge in [-0.25, -0.2) is 0 Å². The third-order valence-electron chi connectivity index (χ3n) is 6.46. The lowest BCUT2D eigenvalue weighted by Crippen LogP contribution is -2.67. The molecule has 138 valence electrons. The zero-order valence-corrected chi connectivity index (χ0v) is 15.0. The van der Waals surface area contributed by atoms with Crippen LogP contribution >= 0.6 is 0 Å². The molecule has 4 fully saturated rings. The van der Waals surface area contributed by atoms with E-state index in [0.717, 1.165) is 19.3 Å². The molecule has 5 heteroatoms.